The highest BCUT2D eigenvalue weighted by Crippen LogP contribution is 2.13. The number of amides is 2. The summed E-state index contributed by atoms with van der Waals surface area (Å²) in [6, 6.07) is 9.39. The zero-order valence-corrected chi connectivity index (χ0v) is 14.2. The van der Waals surface area contributed by atoms with Crippen LogP contribution >= 0.6 is 0 Å². The van der Waals surface area contributed by atoms with E-state index in [9.17, 15) is 18.0 Å². The van der Waals surface area contributed by atoms with Gasteiger partial charge in [-0.25, -0.2) is 8.42 Å². The first-order valence-corrected chi connectivity index (χ1v) is 9.67. The van der Waals surface area contributed by atoms with E-state index in [2.05, 4.69) is 10.6 Å². The zero-order chi connectivity index (χ0) is 17.9. The zero-order valence-electron chi connectivity index (χ0n) is 13.4. The van der Waals surface area contributed by atoms with Gasteiger partial charge in [-0.15, -0.1) is 0 Å². The van der Waals surface area contributed by atoms with Gasteiger partial charge in [-0.1, -0.05) is 6.07 Å². The van der Waals surface area contributed by atoms with Gasteiger partial charge >= 0.3 is 0 Å². The Bertz CT molecular complexity index is 874. The lowest BCUT2D eigenvalue weighted by molar-refractivity contribution is 0.0941. The molecule has 1 unspecified atom stereocenters. The fourth-order valence-electron chi connectivity index (χ4n) is 2.66. The standard InChI is InChI=1S/C17H18N2O5S/c20-16(18-10-15-5-2-7-24-15)12-3-1-4-13(9-12)17(21)19-14-6-8-25(22,23)11-14/h1-5,7,9,14H,6,8,10-11H2,(H,18,20)(H,19,21). The third-order valence-corrected chi connectivity index (χ3v) is 5.73. The summed E-state index contributed by atoms with van der Waals surface area (Å²) in [6.07, 6.45) is 1.94. The van der Waals surface area contributed by atoms with Crippen molar-refractivity contribution in [3.8, 4) is 0 Å². The maximum absolute atomic E-state index is 12.3. The molecule has 0 saturated carbocycles. The molecule has 1 aliphatic rings. The number of rotatable bonds is 5. The van der Waals surface area contributed by atoms with Gasteiger partial charge in [-0.3, -0.25) is 9.59 Å². The van der Waals surface area contributed by atoms with Crippen molar-refractivity contribution >= 4 is 21.7 Å². The minimum atomic E-state index is -3.06. The van der Waals surface area contributed by atoms with Crippen molar-refractivity contribution < 1.29 is 22.4 Å². The van der Waals surface area contributed by atoms with Crippen LogP contribution in [0.15, 0.2) is 47.1 Å². The van der Waals surface area contributed by atoms with Gasteiger partial charge < -0.3 is 15.1 Å². The molecule has 8 heteroatoms. The Hall–Kier alpha value is -2.61. The normalized spacial score (nSPS) is 18.6. The number of carbonyl (C=O) groups excluding carboxylic acids is 2. The molecule has 1 aromatic carbocycles. The second-order valence-corrected chi connectivity index (χ2v) is 8.14. The molecule has 0 aliphatic carbocycles. The quantitative estimate of drug-likeness (QED) is 0.829. The van der Waals surface area contributed by atoms with E-state index >= 15 is 0 Å². The van der Waals surface area contributed by atoms with Gasteiger partial charge in [0.05, 0.1) is 24.3 Å². The molecule has 2 heterocycles. The van der Waals surface area contributed by atoms with Crippen molar-refractivity contribution in [2.75, 3.05) is 11.5 Å². The number of carbonyl (C=O) groups is 2. The molecule has 2 aromatic rings. The van der Waals surface area contributed by atoms with E-state index in [1.165, 1.54) is 12.3 Å². The number of benzene rings is 1. The van der Waals surface area contributed by atoms with Gasteiger partial charge in [0.1, 0.15) is 5.76 Å². The van der Waals surface area contributed by atoms with E-state index in [1.807, 2.05) is 0 Å². The average Bonchev–Trinajstić information content (AvgIpc) is 3.22. The number of furan rings is 1. The molecule has 7 nitrogen and oxygen atoms in total. The summed E-state index contributed by atoms with van der Waals surface area (Å²) < 4.78 is 28.1. The summed E-state index contributed by atoms with van der Waals surface area (Å²) in [7, 11) is -3.06. The Morgan fingerprint density at radius 1 is 1.12 bits per heavy atom. The molecule has 0 radical (unpaired) electrons. The molecular weight excluding hydrogens is 344 g/mol. The lowest BCUT2D eigenvalue weighted by Crippen LogP contribution is -2.35. The highest BCUT2D eigenvalue weighted by molar-refractivity contribution is 7.91. The van der Waals surface area contributed by atoms with Crippen molar-refractivity contribution in [3.05, 3.63) is 59.5 Å². The third-order valence-electron chi connectivity index (χ3n) is 3.96. The Morgan fingerprint density at radius 2 is 1.88 bits per heavy atom. The van der Waals surface area contributed by atoms with E-state index < -0.39 is 9.84 Å². The Balaban J connectivity index is 1.62. The van der Waals surface area contributed by atoms with E-state index in [-0.39, 0.29) is 35.9 Å². The van der Waals surface area contributed by atoms with E-state index in [4.69, 9.17) is 4.42 Å². The largest absolute Gasteiger partial charge is 0.467 e. The number of hydrogen-bond acceptors (Lipinski definition) is 5. The Morgan fingerprint density at radius 3 is 2.52 bits per heavy atom. The minimum absolute atomic E-state index is 0.0396. The van der Waals surface area contributed by atoms with Gasteiger partial charge in [0.25, 0.3) is 11.8 Å². The fraction of sp³-hybridized carbons (Fsp3) is 0.294. The molecular formula is C17H18N2O5S. The summed E-state index contributed by atoms with van der Waals surface area (Å²) in [5, 5.41) is 5.41. The van der Waals surface area contributed by atoms with E-state index in [0.717, 1.165) is 0 Å². The SMILES string of the molecule is O=C(NCc1ccco1)c1cccc(C(=O)NC2CCS(=O)(=O)C2)c1. The second-order valence-electron chi connectivity index (χ2n) is 5.92. The van der Waals surface area contributed by atoms with E-state index in [0.29, 0.717) is 23.3 Å². The first-order chi connectivity index (χ1) is 11.9. The number of sulfone groups is 1. The van der Waals surface area contributed by atoms with Crippen molar-refractivity contribution in [1.82, 2.24) is 10.6 Å². The fourth-order valence-corrected chi connectivity index (χ4v) is 4.34. The summed E-state index contributed by atoms with van der Waals surface area (Å²) in [5.41, 5.74) is 0.660. The summed E-state index contributed by atoms with van der Waals surface area (Å²) in [5.74, 6) is -0.0307. The van der Waals surface area contributed by atoms with Gasteiger partial charge in [-0.05, 0) is 36.8 Å². The lowest BCUT2D eigenvalue weighted by Gasteiger charge is -2.11. The molecule has 132 valence electrons. The molecule has 0 bridgehead atoms. The molecule has 1 fully saturated rings. The van der Waals surface area contributed by atoms with Crippen molar-refractivity contribution in [2.45, 2.75) is 19.0 Å². The van der Waals surface area contributed by atoms with Crippen molar-refractivity contribution in [2.24, 2.45) is 0 Å². The van der Waals surface area contributed by atoms with Crippen LogP contribution in [0.5, 0.6) is 0 Å². The Kier molecular flexibility index (Phi) is 4.89. The van der Waals surface area contributed by atoms with Crippen LogP contribution in [0.25, 0.3) is 0 Å². The first kappa shape index (κ1) is 17.2. The summed E-state index contributed by atoms with van der Waals surface area (Å²) >= 11 is 0. The number of hydrogen-bond donors (Lipinski definition) is 2. The first-order valence-electron chi connectivity index (χ1n) is 7.85. The van der Waals surface area contributed by atoms with Crippen LogP contribution in [0.2, 0.25) is 0 Å². The molecule has 2 N–H and O–H groups in total. The maximum Gasteiger partial charge on any atom is 0.251 e. The molecule has 3 rings (SSSR count). The van der Waals surface area contributed by atoms with Crippen molar-refractivity contribution in [1.29, 1.82) is 0 Å². The minimum Gasteiger partial charge on any atom is -0.467 e. The predicted molar refractivity (Wildman–Crippen MR) is 90.8 cm³/mol. The van der Waals surface area contributed by atoms with Crippen LogP contribution in [-0.2, 0) is 16.4 Å². The highest BCUT2D eigenvalue weighted by Gasteiger charge is 2.29. The molecule has 1 saturated heterocycles. The van der Waals surface area contributed by atoms with E-state index in [1.54, 1.807) is 30.3 Å². The van der Waals surface area contributed by atoms with Crippen molar-refractivity contribution in [3.63, 3.8) is 0 Å². The average molecular weight is 362 g/mol. The van der Waals surface area contributed by atoms with Gasteiger partial charge in [0.15, 0.2) is 9.84 Å². The molecule has 1 atom stereocenters. The Labute approximate surface area is 145 Å². The van der Waals surface area contributed by atoms with Gasteiger partial charge in [0.2, 0.25) is 0 Å². The molecule has 25 heavy (non-hydrogen) atoms. The monoisotopic (exact) mass is 362 g/mol. The van der Waals surface area contributed by atoms with Crippen LogP contribution < -0.4 is 10.6 Å². The smallest absolute Gasteiger partial charge is 0.251 e. The van der Waals surface area contributed by atoms with Crippen LogP contribution in [0.1, 0.15) is 32.9 Å². The van der Waals surface area contributed by atoms with Crippen LogP contribution in [0.3, 0.4) is 0 Å². The topological polar surface area (TPSA) is 105 Å². The molecule has 0 spiro atoms. The van der Waals surface area contributed by atoms with Gasteiger partial charge in [0, 0.05) is 17.2 Å². The molecule has 2 amide bonds. The van der Waals surface area contributed by atoms with Crippen LogP contribution in [0.4, 0.5) is 0 Å². The van der Waals surface area contributed by atoms with Crippen LogP contribution in [0, 0.1) is 0 Å². The number of nitrogens with one attached hydrogen (secondary N) is 2. The third kappa shape index (κ3) is 4.48. The van der Waals surface area contributed by atoms with Gasteiger partial charge in [-0.2, -0.15) is 0 Å². The second kappa shape index (κ2) is 7.10. The highest BCUT2D eigenvalue weighted by atomic mass is 32.2. The predicted octanol–water partition coefficient (Wildman–Crippen LogP) is 1.13. The van der Waals surface area contributed by atoms with Crippen LogP contribution in [-0.4, -0.2) is 37.8 Å². The maximum atomic E-state index is 12.3. The molecule has 1 aliphatic heterocycles. The summed E-state index contributed by atoms with van der Waals surface area (Å²) in [6.45, 7) is 0.252. The lowest BCUT2D eigenvalue weighted by atomic mass is 10.1. The molecule has 1 aromatic heterocycles. The summed E-state index contributed by atoms with van der Waals surface area (Å²) in [4.78, 5) is 24.5.